The van der Waals surface area contributed by atoms with E-state index in [-0.39, 0.29) is 0 Å². The number of aromatic nitrogens is 2. The van der Waals surface area contributed by atoms with E-state index in [9.17, 15) is 0 Å². The van der Waals surface area contributed by atoms with E-state index in [4.69, 9.17) is 10.3 Å². The van der Waals surface area contributed by atoms with E-state index in [1.165, 1.54) is 0 Å². The molecule has 0 radical (unpaired) electrons. The van der Waals surface area contributed by atoms with Crippen molar-refractivity contribution in [2.75, 3.05) is 20.6 Å². The van der Waals surface area contributed by atoms with Crippen LogP contribution in [0.2, 0.25) is 0 Å². The summed E-state index contributed by atoms with van der Waals surface area (Å²) in [6, 6.07) is 0. The summed E-state index contributed by atoms with van der Waals surface area (Å²) in [6.45, 7) is 1.44. The van der Waals surface area contributed by atoms with Gasteiger partial charge in [-0.15, -0.1) is 0 Å². The molecule has 0 saturated heterocycles. The molecule has 80 valence electrons. The lowest BCUT2D eigenvalue weighted by atomic mass is 10.2. The summed E-state index contributed by atoms with van der Waals surface area (Å²) in [5, 5.41) is 3.88. The highest BCUT2D eigenvalue weighted by Crippen LogP contribution is 2.03. The molecule has 0 aliphatic rings. The van der Waals surface area contributed by atoms with E-state index >= 15 is 0 Å². The van der Waals surface area contributed by atoms with Crippen molar-refractivity contribution in [1.29, 1.82) is 0 Å². The summed E-state index contributed by atoms with van der Waals surface area (Å²) in [7, 11) is 3.95. The van der Waals surface area contributed by atoms with Crippen LogP contribution in [0.3, 0.4) is 0 Å². The largest absolute Gasteiger partial charge is 0.339 e. The van der Waals surface area contributed by atoms with Crippen molar-refractivity contribution < 1.29 is 4.52 Å². The van der Waals surface area contributed by atoms with Crippen molar-refractivity contribution in [2.24, 2.45) is 5.73 Å². The van der Waals surface area contributed by atoms with Crippen LogP contribution in [0.5, 0.6) is 0 Å². The summed E-state index contributed by atoms with van der Waals surface area (Å²) in [5.74, 6) is 1.47. The summed E-state index contributed by atoms with van der Waals surface area (Å²) < 4.78 is 5.08. The highest BCUT2D eigenvalue weighted by Gasteiger charge is 2.06. The van der Waals surface area contributed by atoms with Crippen LogP contribution in [-0.4, -0.2) is 35.7 Å². The van der Waals surface area contributed by atoms with Gasteiger partial charge in [0.2, 0.25) is 5.89 Å². The topological polar surface area (TPSA) is 68.2 Å². The van der Waals surface area contributed by atoms with Crippen LogP contribution < -0.4 is 5.73 Å². The molecule has 0 bridgehead atoms. The Morgan fingerprint density at radius 1 is 1.36 bits per heavy atom. The Morgan fingerprint density at radius 2 is 2.14 bits per heavy atom. The SMILES string of the molecule is CN(C)Cc1noc(CCCCN)n1. The fraction of sp³-hybridized carbons (Fsp3) is 0.778. The fourth-order valence-corrected chi connectivity index (χ4v) is 1.16. The van der Waals surface area contributed by atoms with Gasteiger partial charge in [0.1, 0.15) is 0 Å². The van der Waals surface area contributed by atoms with Crippen LogP contribution in [0.15, 0.2) is 4.52 Å². The van der Waals surface area contributed by atoms with Crippen molar-refractivity contribution in [2.45, 2.75) is 25.8 Å². The Kier molecular flexibility index (Phi) is 4.55. The predicted molar refractivity (Wildman–Crippen MR) is 53.7 cm³/mol. The third-order valence-electron chi connectivity index (χ3n) is 1.81. The number of hydrogen-bond donors (Lipinski definition) is 1. The normalized spacial score (nSPS) is 11.1. The molecule has 0 spiro atoms. The summed E-state index contributed by atoms with van der Waals surface area (Å²) >= 11 is 0. The Bertz CT molecular complexity index is 259. The average Bonchev–Trinajstić information content (AvgIpc) is 2.52. The fourth-order valence-electron chi connectivity index (χ4n) is 1.16. The molecule has 1 aromatic heterocycles. The first-order valence-corrected chi connectivity index (χ1v) is 4.88. The quantitative estimate of drug-likeness (QED) is 0.671. The first-order valence-electron chi connectivity index (χ1n) is 4.88. The third kappa shape index (κ3) is 3.85. The second kappa shape index (κ2) is 5.72. The minimum Gasteiger partial charge on any atom is -0.339 e. The van der Waals surface area contributed by atoms with E-state index in [2.05, 4.69) is 10.1 Å². The first-order chi connectivity index (χ1) is 6.72. The Labute approximate surface area is 84.3 Å². The van der Waals surface area contributed by atoms with Gasteiger partial charge < -0.3 is 15.2 Å². The van der Waals surface area contributed by atoms with Crippen LogP contribution in [0.4, 0.5) is 0 Å². The van der Waals surface area contributed by atoms with Gasteiger partial charge in [-0.3, -0.25) is 0 Å². The molecule has 0 aromatic carbocycles. The second-order valence-electron chi connectivity index (χ2n) is 3.59. The van der Waals surface area contributed by atoms with Crippen LogP contribution in [0.1, 0.15) is 24.6 Å². The maximum atomic E-state index is 5.39. The molecular formula is C9H18N4O. The van der Waals surface area contributed by atoms with E-state index in [1.807, 2.05) is 19.0 Å². The summed E-state index contributed by atoms with van der Waals surface area (Å²) in [4.78, 5) is 6.27. The molecule has 5 heteroatoms. The second-order valence-corrected chi connectivity index (χ2v) is 3.59. The molecule has 0 aliphatic carbocycles. The van der Waals surface area contributed by atoms with E-state index < -0.39 is 0 Å². The number of nitrogens with zero attached hydrogens (tertiary/aromatic N) is 3. The maximum Gasteiger partial charge on any atom is 0.226 e. The highest BCUT2D eigenvalue weighted by atomic mass is 16.5. The molecule has 0 saturated carbocycles. The molecule has 1 aromatic rings. The number of rotatable bonds is 6. The summed E-state index contributed by atoms with van der Waals surface area (Å²) in [6.07, 6.45) is 2.85. The minimum absolute atomic E-state index is 0.718. The zero-order valence-corrected chi connectivity index (χ0v) is 8.86. The summed E-state index contributed by atoms with van der Waals surface area (Å²) in [5.41, 5.74) is 5.39. The smallest absolute Gasteiger partial charge is 0.226 e. The molecule has 14 heavy (non-hydrogen) atoms. The van der Waals surface area contributed by atoms with E-state index in [0.717, 1.165) is 44.1 Å². The lowest BCUT2D eigenvalue weighted by Gasteiger charge is -2.03. The van der Waals surface area contributed by atoms with Gasteiger partial charge in [0.25, 0.3) is 0 Å². The molecule has 1 heterocycles. The minimum atomic E-state index is 0.718. The molecule has 5 nitrogen and oxygen atoms in total. The monoisotopic (exact) mass is 198 g/mol. The third-order valence-corrected chi connectivity index (χ3v) is 1.81. The number of unbranched alkanes of at least 4 members (excludes halogenated alkanes) is 1. The van der Waals surface area contributed by atoms with Gasteiger partial charge in [0.15, 0.2) is 5.82 Å². The Hall–Kier alpha value is -0.940. The van der Waals surface area contributed by atoms with Gasteiger partial charge in [-0.1, -0.05) is 5.16 Å². The average molecular weight is 198 g/mol. The van der Waals surface area contributed by atoms with Gasteiger partial charge >= 0.3 is 0 Å². The van der Waals surface area contributed by atoms with Gasteiger partial charge in [-0.2, -0.15) is 4.98 Å². The van der Waals surface area contributed by atoms with Crippen molar-refractivity contribution in [3.63, 3.8) is 0 Å². The van der Waals surface area contributed by atoms with Gasteiger partial charge in [0.05, 0.1) is 6.54 Å². The molecule has 0 fully saturated rings. The standard InChI is InChI=1S/C9H18N4O/c1-13(2)7-8-11-9(14-12-8)5-3-4-6-10/h3-7,10H2,1-2H3. The molecule has 0 aliphatic heterocycles. The molecule has 0 amide bonds. The van der Waals surface area contributed by atoms with Crippen molar-refractivity contribution >= 4 is 0 Å². The van der Waals surface area contributed by atoms with Gasteiger partial charge in [-0.05, 0) is 33.5 Å². The maximum absolute atomic E-state index is 5.39. The van der Waals surface area contributed by atoms with Crippen molar-refractivity contribution in [1.82, 2.24) is 15.0 Å². The van der Waals surface area contributed by atoms with Gasteiger partial charge in [-0.25, -0.2) is 0 Å². The number of aryl methyl sites for hydroxylation is 1. The molecular weight excluding hydrogens is 180 g/mol. The predicted octanol–water partition coefficient (Wildman–Crippen LogP) is 0.413. The van der Waals surface area contributed by atoms with Crippen molar-refractivity contribution in [3.05, 3.63) is 11.7 Å². The first kappa shape index (κ1) is 11.1. The van der Waals surface area contributed by atoms with Gasteiger partial charge in [0, 0.05) is 6.42 Å². The zero-order chi connectivity index (χ0) is 10.4. The molecule has 2 N–H and O–H groups in total. The lowest BCUT2D eigenvalue weighted by molar-refractivity contribution is 0.347. The van der Waals surface area contributed by atoms with Crippen molar-refractivity contribution in [3.8, 4) is 0 Å². The van der Waals surface area contributed by atoms with E-state index in [1.54, 1.807) is 0 Å². The molecule has 1 rings (SSSR count). The van der Waals surface area contributed by atoms with Crippen LogP contribution in [0.25, 0.3) is 0 Å². The Balaban J connectivity index is 2.35. The van der Waals surface area contributed by atoms with Crippen LogP contribution in [0, 0.1) is 0 Å². The molecule has 0 unspecified atom stereocenters. The number of nitrogens with two attached hydrogens (primary N) is 1. The highest BCUT2D eigenvalue weighted by molar-refractivity contribution is 4.85. The molecule has 0 atom stereocenters. The lowest BCUT2D eigenvalue weighted by Crippen LogP contribution is -2.11. The van der Waals surface area contributed by atoms with Crippen LogP contribution >= 0.6 is 0 Å². The van der Waals surface area contributed by atoms with E-state index in [0.29, 0.717) is 0 Å². The number of hydrogen-bond acceptors (Lipinski definition) is 5. The zero-order valence-electron chi connectivity index (χ0n) is 8.86. The Morgan fingerprint density at radius 3 is 2.79 bits per heavy atom. The van der Waals surface area contributed by atoms with Crippen LogP contribution in [-0.2, 0) is 13.0 Å².